The molecule has 0 heterocycles. The average molecular weight is 687 g/mol. The van der Waals surface area contributed by atoms with Gasteiger partial charge in [-0.05, 0) is 36.3 Å². The maximum Gasteiger partial charge on any atom is 0.251 e. The highest BCUT2D eigenvalue weighted by molar-refractivity contribution is 6.75. The molecule has 0 fully saturated rings. The summed E-state index contributed by atoms with van der Waals surface area (Å²) in [5, 5.41) is 0. The maximum atomic E-state index is 14.8. The van der Waals surface area contributed by atoms with E-state index in [-0.39, 0.29) is 11.6 Å². The molecule has 0 aliphatic heterocycles. The standard InChI is InChI=1S/C42H62O4Si2/c1-7-13-27-47(28-14-8-2,29-15-9-3)45-41-35-25-21-19-23-33(35)40(44)38-37(41)39(43)34-24-20-22-26-36(34)42(38)46-48(30-16-10-4,31-17-11-5)32-18-12-6/h19-26H,7-18,27-32H2,1-6H3. The highest BCUT2D eigenvalue weighted by Gasteiger charge is 2.47. The number of carbonyl (C=O) groups excluding carboxylic acids is 2. The van der Waals surface area contributed by atoms with Gasteiger partial charge in [-0.25, -0.2) is 0 Å². The van der Waals surface area contributed by atoms with Gasteiger partial charge in [-0.2, -0.15) is 0 Å². The zero-order chi connectivity index (χ0) is 34.6. The molecule has 0 bridgehead atoms. The van der Waals surface area contributed by atoms with Crippen molar-refractivity contribution in [2.45, 2.75) is 155 Å². The molecule has 2 aromatic rings. The summed E-state index contributed by atoms with van der Waals surface area (Å²) in [6, 6.07) is 22.1. The van der Waals surface area contributed by atoms with E-state index >= 15 is 0 Å². The second-order valence-corrected chi connectivity index (χ2v) is 22.5. The summed E-state index contributed by atoms with van der Waals surface area (Å²) in [6.45, 7) is 13.5. The van der Waals surface area contributed by atoms with Gasteiger partial charge in [0.05, 0.1) is 11.1 Å². The molecule has 0 aromatic heterocycles. The lowest BCUT2D eigenvalue weighted by Gasteiger charge is -2.40. The Morgan fingerprint density at radius 2 is 0.667 bits per heavy atom. The smallest absolute Gasteiger partial charge is 0.251 e. The van der Waals surface area contributed by atoms with Crippen molar-refractivity contribution in [3.05, 3.63) is 81.9 Å². The zero-order valence-corrected chi connectivity index (χ0v) is 33.0. The Morgan fingerprint density at radius 1 is 0.417 bits per heavy atom. The number of benzene rings is 2. The molecule has 2 aliphatic rings. The molecule has 0 atom stereocenters. The van der Waals surface area contributed by atoms with Crippen molar-refractivity contribution in [2.24, 2.45) is 0 Å². The van der Waals surface area contributed by atoms with Gasteiger partial charge in [-0.1, -0.05) is 167 Å². The van der Waals surface area contributed by atoms with Crippen LogP contribution >= 0.6 is 0 Å². The molecule has 48 heavy (non-hydrogen) atoms. The van der Waals surface area contributed by atoms with Gasteiger partial charge in [0.25, 0.3) is 16.6 Å². The van der Waals surface area contributed by atoms with Gasteiger partial charge in [-0.3, -0.25) is 9.59 Å². The molecule has 262 valence electrons. The molecular weight excluding hydrogens is 625 g/mol. The van der Waals surface area contributed by atoms with Gasteiger partial charge in [0.15, 0.2) is 11.6 Å². The van der Waals surface area contributed by atoms with Crippen LogP contribution in [0.4, 0.5) is 0 Å². The lowest BCUT2D eigenvalue weighted by Crippen LogP contribution is -2.41. The lowest BCUT2D eigenvalue weighted by atomic mass is 9.76. The van der Waals surface area contributed by atoms with Gasteiger partial charge in [0.1, 0.15) is 11.5 Å². The minimum absolute atomic E-state index is 0.0990. The number of allylic oxidation sites excluding steroid dienone is 2. The fourth-order valence-electron chi connectivity index (χ4n) is 7.65. The predicted molar refractivity (Wildman–Crippen MR) is 207 cm³/mol. The number of rotatable bonds is 22. The summed E-state index contributed by atoms with van der Waals surface area (Å²) < 4.78 is 15.1. The molecule has 0 N–H and O–H groups in total. The predicted octanol–water partition coefficient (Wildman–Crippen LogP) is 12.9. The number of fused-ring (bicyclic) bond motifs is 3. The van der Waals surface area contributed by atoms with Gasteiger partial charge in [0.2, 0.25) is 0 Å². The number of Topliss-reactive ketones (excluding diaryl/α,β-unsaturated/α-hetero) is 2. The van der Waals surface area contributed by atoms with Gasteiger partial charge < -0.3 is 8.85 Å². The first-order chi connectivity index (χ1) is 23.3. The van der Waals surface area contributed by atoms with Gasteiger partial charge in [0, 0.05) is 22.3 Å². The number of hydrogen-bond donors (Lipinski definition) is 0. The molecule has 0 radical (unpaired) electrons. The van der Waals surface area contributed by atoms with E-state index in [1.54, 1.807) is 0 Å². The van der Waals surface area contributed by atoms with Crippen LogP contribution in [0.3, 0.4) is 0 Å². The third kappa shape index (κ3) is 8.53. The van der Waals surface area contributed by atoms with E-state index in [4.69, 9.17) is 8.85 Å². The Labute approximate surface area is 294 Å². The first-order valence-corrected chi connectivity index (χ1v) is 24.6. The molecule has 0 unspecified atom stereocenters. The number of ketones is 2. The molecule has 0 amide bonds. The summed E-state index contributed by atoms with van der Waals surface area (Å²) in [5.74, 6) is 1.11. The summed E-state index contributed by atoms with van der Waals surface area (Å²) in [5.41, 5.74) is 3.73. The average Bonchev–Trinajstić information content (AvgIpc) is 3.12. The summed E-state index contributed by atoms with van der Waals surface area (Å²) in [7, 11) is -4.66. The minimum atomic E-state index is -2.33. The van der Waals surface area contributed by atoms with Crippen molar-refractivity contribution < 1.29 is 18.4 Å². The first kappa shape index (κ1) is 38.1. The van der Waals surface area contributed by atoms with Crippen LogP contribution in [0.25, 0.3) is 11.5 Å². The van der Waals surface area contributed by atoms with E-state index in [9.17, 15) is 9.59 Å². The largest absolute Gasteiger partial charge is 0.543 e. The molecule has 2 aliphatic carbocycles. The van der Waals surface area contributed by atoms with Crippen LogP contribution < -0.4 is 0 Å². The molecule has 4 nitrogen and oxygen atoms in total. The van der Waals surface area contributed by atoms with E-state index in [0.717, 1.165) is 124 Å². The van der Waals surface area contributed by atoms with E-state index < -0.39 is 16.6 Å². The molecule has 0 saturated heterocycles. The van der Waals surface area contributed by atoms with Crippen LogP contribution in [-0.4, -0.2) is 28.2 Å². The second-order valence-electron chi connectivity index (χ2n) is 14.3. The third-order valence-electron chi connectivity index (χ3n) is 10.5. The van der Waals surface area contributed by atoms with Crippen molar-refractivity contribution in [1.82, 2.24) is 0 Å². The molecule has 0 saturated carbocycles. The molecule has 0 spiro atoms. The van der Waals surface area contributed by atoms with Crippen molar-refractivity contribution in [3.8, 4) is 0 Å². The van der Waals surface area contributed by atoms with Crippen molar-refractivity contribution in [1.29, 1.82) is 0 Å². The fraction of sp³-hybridized carbons (Fsp3) is 0.571. The maximum absolute atomic E-state index is 14.8. The Morgan fingerprint density at radius 3 is 0.917 bits per heavy atom. The Kier molecular flexibility index (Phi) is 14.6. The van der Waals surface area contributed by atoms with Crippen LogP contribution in [0.1, 0.15) is 150 Å². The van der Waals surface area contributed by atoms with E-state index in [0.29, 0.717) is 33.8 Å². The summed E-state index contributed by atoms with van der Waals surface area (Å²) in [6.07, 6.45) is 13.4. The van der Waals surface area contributed by atoms with Gasteiger partial charge >= 0.3 is 0 Å². The van der Waals surface area contributed by atoms with Crippen molar-refractivity contribution in [2.75, 3.05) is 0 Å². The Bertz CT molecular complexity index is 1300. The number of carbonyl (C=O) groups is 2. The number of hydrogen-bond acceptors (Lipinski definition) is 4. The van der Waals surface area contributed by atoms with E-state index in [1.165, 1.54) is 0 Å². The Balaban J connectivity index is 2.04. The monoisotopic (exact) mass is 686 g/mol. The van der Waals surface area contributed by atoms with Gasteiger partial charge in [-0.15, -0.1) is 0 Å². The van der Waals surface area contributed by atoms with Crippen LogP contribution in [0.15, 0.2) is 59.7 Å². The van der Waals surface area contributed by atoms with Crippen LogP contribution in [-0.2, 0) is 8.85 Å². The summed E-state index contributed by atoms with van der Waals surface area (Å²) >= 11 is 0. The Hall–Kier alpha value is -2.71. The minimum Gasteiger partial charge on any atom is -0.543 e. The molecule has 4 rings (SSSR count). The number of unbranched alkanes of at least 4 members (excludes halogenated alkanes) is 6. The topological polar surface area (TPSA) is 52.6 Å². The molecule has 2 aromatic carbocycles. The highest BCUT2D eigenvalue weighted by atomic mass is 28.4. The van der Waals surface area contributed by atoms with Crippen LogP contribution in [0.2, 0.25) is 36.3 Å². The molecular formula is C42H62O4Si2. The van der Waals surface area contributed by atoms with Crippen LogP contribution in [0.5, 0.6) is 0 Å². The normalized spacial score (nSPS) is 14.6. The van der Waals surface area contributed by atoms with Crippen molar-refractivity contribution in [3.63, 3.8) is 0 Å². The van der Waals surface area contributed by atoms with Crippen LogP contribution in [0, 0.1) is 0 Å². The van der Waals surface area contributed by atoms with E-state index in [1.807, 2.05) is 48.5 Å². The lowest BCUT2D eigenvalue weighted by molar-refractivity contribution is 0.0988. The third-order valence-corrected chi connectivity index (χ3v) is 19.4. The SMILES string of the molecule is CCCC[Si](CCCC)(CCCC)OC1=C2C(=O)c3ccccc3C(O[Si](CCCC)(CCCC)CCCC)=C2C(=O)c2ccccc21. The summed E-state index contributed by atoms with van der Waals surface area (Å²) in [4.78, 5) is 29.6. The second kappa shape index (κ2) is 18.3. The zero-order valence-electron chi connectivity index (χ0n) is 31.0. The van der Waals surface area contributed by atoms with E-state index in [2.05, 4.69) is 41.5 Å². The fourth-order valence-corrected chi connectivity index (χ4v) is 17.0. The van der Waals surface area contributed by atoms with Crippen molar-refractivity contribution >= 4 is 39.7 Å². The first-order valence-electron chi connectivity index (χ1n) is 19.5. The molecule has 6 heteroatoms. The quantitative estimate of drug-likeness (QED) is 0.116. The highest BCUT2D eigenvalue weighted by Crippen LogP contribution is 2.48.